The van der Waals surface area contributed by atoms with Gasteiger partial charge in [0.2, 0.25) is 5.82 Å². The van der Waals surface area contributed by atoms with Gasteiger partial charge >= 0.3 is 6.18 Å². The molecule has 0 aliphatic heterocycles. The molecule has 0 fully saturated rings. The van der Waals surface area contributed by atoms with Crippen LogP contribution in [0.4, 0.5) is 18.9 Å². The number of fused-ring (bicyclic) bond motifs is 1. The highest BCUT2D eigenvalue weighted by atomic mass is 35.5. The Balaban J connectivity index is 1.78. The number of benzene rings is 1. The summed E-state index contributed by atoms with van der Waals surface area (Å²) in [5.41, 5.74) is -0.124. The van der Waals surface area contributed by atoms with Crippen LogP contribution in [0.25, 0.3) is 17.2 Å². The molecule has 7 nitrogen and oxygen atoms in total. The van der Waals surface area contributed by atoms with Gasteiger partial charge in [0.05, 0.1) is 6.26 Å². The van der Waals surface area contributed by atoms with Crippen LogP contribution < -0.4 is 5.32 Å². The summed E-state index contributed by atoms with van der Waals surface area (Å²) in [6.45, 7) is 1.74. The molecule has 11 heteroatoms. The summed E-state index contributed by atoms with van der Waals surface area (Å²) < 4.78 is 46.2. The highest BCUT2D eigenvalue weighted by molar-refractivity contribution is 6.31. The third-order valence-electron chi connectivity index (χ3n) is 4.03. The van der Waals surface area contributed by atoms with Crippen molar-refractivity contribution in [3.05, 3.63) is 64.8 Å². The first-order valence-electron chi connectivity index (χ1n) is 8.19. The third-order valence-corrected chi connectivity index (χ3v) is 4.26. The van der Waals surface area contributed by atoms with Crippen LogP contribution in [0.5, 0.6) is 0 Å². The average Bonchev–Trinajstić information content (AvgIpc) is 3.32. The summed E-state index contributed by atoms with van der Waals surface area (Å²) in [5.74, 6) is -1.53. The van der Waals surface area contributed by atoms with E-state index in [9.17, 15) is 18.0 Å². The Kier molecular flexibility index (Phi) is 4.50. The highest BCUT2D eigenvalue weighted by Gasteiger charge is 2.36. The monoisotopic (exact) mass is 421 g/mol. The maximum atomic E-state index is 13.5. The zero-order valence-corrected chi connectivity index (χ0v) is 15.4. The van der Waals surface area contributed by atoms with E-state index in [4.69, 9.17) is 16.0 Å². The van der Waals surface area contributed by atoms with Crippen LogP contribution in [-0.4, -0.2) is 25.5 Å². The Morgan fingerprint density at radius 2 is 2.00 bits per heavy atom. The topological polar surface area (TPSA) is 85.3 Å². The van der Waals surface area contributed by atoms with Crippen LogP contribution in [0, 0.1) is 6.92 Å². The van der Waals surface area contributed by atoms with Crippen molar-refractivity contribution >= 4 is 29.0 Å². The molecule has 1 aromatic carbocycles. The second-order valence-corrected chi connectivity index (χ2v) is 6.50. The Morgan fingerprint density at radius 1 is 1.21 bits per heavy atom. The molecule has 0 aliphatic carbocycles. The third kappa shape index (κ3) is 3.66. The van der Waals surface area contributed by atoms with Gasteiger partial charge in [-0.25, -0.2) is 4.98 Å². The summed E-state index contributed by atoms with van der Waals surface area (Å²) in [4.78, 5) is 20.4. The summed E-state index contributed by atoms with van der Waals surface area (Å²) in [6, 6.07) is 8.61. The molecule has 3 aromatic heterocycles. The van der Waals surface area contributed by atoms with E-state index in [0.717, 1.165) is 6.07 Å². The molecule has 0 radical (unpaired) electrons. The maximum absolute atomic E-state index is 13.5. The molecule has 29 heavy (non-hydrogen) atoms. The van der Waals surface area contributed by atoms with Gasteiger partial charge in [-0.3, -0.25) is 4.79 Å². The number of carbonyl (C=O) groups is 1. The number of halogens is 4. The van der Waals surface area contributed by atoms with Gasteiger partial charge in [0.25, 0.3) is 11.7 Å². The van der Waals surface area contributed by atoms with Crippen LogP contribution >= 0.6 is 11.6 Å². The molecule has 4 aromatic rings. The van der Waals surface area contributed by atoms with E-state index in [1.807, 2.05) is 0 Å². The number of nitrogens with zero attached hydrogens (tertiary/aromatic N) is 4. The zero-order valence-electron chi connectivity index (χ0n) is 14.7. The Hall–Kier alpha value is -3.40. The van der Waals surface area contributed by atoms with E-state index >= 15 is 0 Å². The number of alkyl halides is 3. The van der Waals surface area contributed by atoms with Crippen LogP contribution in [0.3, 0.4) is 0 Å². The number of amides is 1. The van der Waals surface area contributed by atoms with Crippen molar-refractivity contribution in [3.63, 3.8) is 0 Å². The number of anilines is 1. The SMILES string of the molecule is Cc1ccc(Cl)cc1NC(=O)c1nc2nc(-c3ccco3)cc(C(F)(F)F)n2n1. The number of carbonyl (C=O) groups excluding carboxylic acids is 1. The number of furan rings is 1. The van der Waals surface area contributed by atoms with Gasteiger partial charge in [0.1, 0.15) is 5.69 Å². The van der Waals surface area contributed by atoms with Crippen molar-refractivity contribution < 1.29 is 22.4 Å². The normalized spacial score (nSPS) is 11.8. The quantitative estimate of drug-likeness (QED) is 0.522. The molecule has 0 bridgehead atoms. The largest absolute Gasteiger partial charge is 0.463 e. The molecular formula is C18H11ClF3N5O2. The van der Waals surface area contributed by atoms with Gasteiger partial charge in [-0.15, -0.1) is 5.10 Å². The molecule has 0 saturated heterocycles. The van der Waals surface area contributed by atoms with Gasteiger partial charge in [-0.1, -0.05) is 17.7 Å². The number of nitrogens with one attached hydrogen (secondary N) is 1. The van der Waals surface area contributed by atoms with E-state index in [0.29, 0.717) is 20.8 Å². The summed E-state index contributed by atoms with van der Waals surface area (Å²) in [5, 5.41) is 6.62. The molecular weight excluding hydrogens is 411 g/mol. The molecule has 0 unspecified atom stereocenters. The second kappa shape index (κ2) is 6.89. The molecule has 4 rings (SSSR count). The second-order valence-electron chi connectivity index (χ2n) is 6.06. The summed E-state index contributed by atoms with van der Waals surface area (Å²) in [6.07, 6.45) is -3.45. The lowest BCUT2D eigenvalue weighted by Gasteiger charge is -2.09. The number of aromatic nitrogens is 4. The van der Waals surface area contributed by atoms with Crippen LogP contribution in [0.15, 0.2) is 47.1 Å². The lowest BCUT2D eigenvalue weighted by Crippen LogP contribution is -2.16. The highest BCUT2D eigenvalue weighted by Crippen LogP contribution is 2.32. The molecule has 0 atom stereocenters. The van der Waals surface area contributed by atoms with Crippen LogP contribution in [0.2, 0.25) is 5.02 Å². The van der Waals surface area contributed by atoms with Crippen molar-refractivity contribution in [1.29, 1.82) is 0 Å². The first-order chi connectivity index (χ1) is 13.7. The van der Waals surface area contributed by atoms with E-state index in [-0.39, 0.29) is 17.2 Å². The van der Waals surface area contributed by atoms with E-state index in [1.165, 1.54) is 24.5 Å². The molecule has 0 spiro atoms. The fourth-order valence-corrected chi connectivity index (χ4v) is 2.80. The minimum absolute atomic E-state index is 0.0835. The van der Waals surface area contributed by atoms with Crippen molar-refractivity contribution in [3.8, 4) is 11.5 Å². The lowest BCUT2D eigenvalue weighted by molar-refractivity contribution is -0.142. The van der Waals surface area contributed by atoms with Crippen molar-refractivity contribution in [1.82, 2.24) is 19.6 Å². The number of hydrogen-bond acceptors (Lipinski definition) is 5. The lowest BCUT2D eigenvalue weighted by atomic mass is 10.2. The van der Waals surface area contributed by atoms with E-state index in [2.05, 4.69) is 20.4 Å². The smallest absolute Gasteiger partial charge is 0.433 e. The molecule has 148 valence electrons. The van der Waals surface area contributed by atoms with Crippen LogP contribution in [0.1, 0.15) is 21.9 Å². The fourth-order valence-electron chi connectivity index (χ4n) is 2.62. The van der Waals surface area contributed by atoms with Crippen molar-refractivity contribution in [2.24, 2.45) is 0 Å². The molecule has 0 aliphatic rings. The number of hydrogen-bond donors (Lipinski definition) is 1. The van der Waals surface area contributed by atoms with Gasteiger partial charge in [-0.05, 0) is 42.8 Å². The van der Waals surface area contributed by atoms with E-state index in [1.54, 1.807) is 19.1 Å². The van der Waals surface area contributed by atoms with Crippen LogP contribution in [-0.2, 0) is 6.18 Å². The molecule has 3 heterocycles. The standard InChI is InChI=1S/C18H11ClF3N5O2/c1-9-4-5-10(19)7-11(9)23-16(28)15-25-17-24-12(13-3-2-6-29-13)8-14(18(20,21)22)27(17)26-15/h2-8H,1H3,(H,23,28). The van der Waals surface area contributed by atoms with Crippen molar-refractivity contribution in [2.75, 3.05) is 5.32 Å². The Bertz CT molecular complexity index is 1220. The minimum Gasteiger partial charge on any atom is -0.463 e. The minimum atomic E-state index is -4.76. The molecule has 1 amide bonds. The van der Waals surface area contributed by atoms with Gasteiger partial charge < -0.3 is 9.73 Å². The average molecular weight is 422 g/mol. The van der Waals surface area contributed by atoms with Crippen molar-refractivity contribution in [2.45, 2.75) is 13.1 Å². The van der Waals surface area contributed by atoms with Gasteiger partial charge in [0, 0.05) is 10.7 Å². The number of aryl methyl sites for hydroxylation is 1. The molecule has 1 N–H and O–H groups in total. The zero-order chi connectivity index (χ0) is 20.8. The maximum Gasteiger partial charge on any atom is 0.433 e. The first-order valence-corrected chi connectivity index (χ1v) is 8.56. The Labute approximate surface area is 166 Å². The first kappa shape index (κ1) is 18.9. The fraction of sp³-hybridized carbons (Fsp3) is 0.111. The predicted molar refractivity (Wildman–Crippen MR) is 97.6 cm³/mol. The predicted octanol–water partition coefficient (Wildman–Crippen LogP) is 4.62. The summed E-state index contributed by atoms with van der Waals surface area (Å²) >= 11 is 5.92. The number of rotatable bonds is 3. The summed E-state index contributed by atoms with van der Waals surface area (Å²) in [7, 11) is 0. The van der Waals surface area contributed by atoms with Gasteiger partial charge in [-0.2, -0.15) is 22.7 Å². The molecule has 0 saturated carbocycles. The van der Waals surface area contributed by atoms with Gasteiger partial charge in [0.15, 0.2) is 11.5 Å². The van der Waals surface area contributed by atoms with E-state index < -0.39 is 23.6 Å². The Morgan fingerprint density at radius 3 is 2.69 bits per heavy atom.